The van der Waals surface area contributed by atoms with E-state index in [1.807, 2.05) is 12.1 Å². The van der Waals surface area contributed by atoms with Crippen molar-refractivity contribution in [2.75, 3.05) is 0 Å². The molecule has 0 aromatic heterocycles. The fourth-order valence-corrected chi connectivity index (χ4v) is 4.95. The molecule has 0 radical (unpaired) electrons. The van der Waals surface area contributed by atoms with Gasteiger partial charge in [0, 0.05) is 0 Å². The molecule has 0 unspecified atom stereocenters. The molecule has 1 aliphatic carbocycles. The standard InChI is InChI=1S/C26H32O2/c1-7-8-20-14-22-23(26(5,6)16-25(22,3)4)15-21(20)17(2)13-18-9-11-19(12-10-18)24(27)28/h9-15H,7-8,16H2,1-6H3,(H,27,28). The van der Waals surface area contributed by atoms with Crippen LogP contribution in [0.15, 0.2) is 36.4 Å². The van der Waals surface area contributed by atoms with Crippen LogP contribution in [0.5, 0.6) is 0 Å². The smallest absolute Gasteiger partial charge is 0.335 e. The van der Waals surface area contributed by atoms with Gasteiger partial charge >= 0.3 is 5.97 Å². The lowest BCUT2D eigenvalue weighted by molar-refractivity contribution is 0.0697. The Morgan fingerprint density at radius 2 is 1.61 bits per heavy atom. The van der Waals surface area contributed by atoms with Crippen LogP contribution in [0.1, 0.15) is 92.6 Å². The Morgan fingerprint density at radius 1 is 1.04 bits per heavy atom. The van der Waals surface area contributed by atoms with E-state index in [4.69, 9.17) is 5.11 Å². The summed E-state index contributed by atoms with van der Waals surface area (Å²) in [5, 5.41) is 9.10. The number of benzene rings is 2. The number of allylic oxidation sites excluding steroid dienone is 1. The van der Waals surface area contributed by atoms with E-state index in [1.165, 1.54) is 34.2 Å². The van der Waals surface area contributed by atoms with E-state index >= 15 is 0 Å². The largest absolute Gasteiger partial charge is 0.478 e. The van der Waals surface area contributed by atoms with Gasteiger partial charge in [-0.2, -0.15) is 0 Å². The first-order chi connectivity index (χ1) is 13.0. The first-order valence-corrected chi connectivity index (χ1v) is 10.2. The van der Waals surface area contributed by atoms with Crippen molar-refractivity contribution in [3.8, 4) is 0 Å². The monoisotopic (exact) mass is 376 g/mol. The summed E-state index contributed by atoms with van der Waals surface area (Å²) in [6.45, 7) is 13.8. The normalized spacial score (nSPS) is 17.4. The van der Waals surface area contributed by atoms with Gasteiger partial charge in [0.25, 0.3) is 0 Å². The van der Waals surface area contributed by atoms with E-state index in [9.17, 15) is 4.79 Å². The SMILES string of the molecule is CCCc1cc2c(cc1C(C)=Cc1ccc(C(=O)O)cc1)C(C)(C)CC2(C)C. The van der Waals surface area contributed by atoms with Crippen LogP contribution in [0.4, 0.5) is 0 Å². The molecule has 0 fully saturated rings. The molecule has 28 heavy (non-hydrogen) atoms. The molecule has 3 rings (SSSR count). The van der Waals surface area contributed by atoms with Crippen molar-refractivity contribution in [2.45, 2.75) is 71.6 Å². The summed E-state index contributed by atoms with van der Waals surface area (Å²) in [7, 11) is 0. The minimum atomic E-state index is -0.888. The molecular formula is C26H32O2. The second-order valence-electron chi connectivity index (χ2n) is 9.50. The molecule has 2 heteroatoms. The molecule has 0 aliphatic heterocycles. The Morgan fingerprint density at radius 3 is 2.14 bits per heavy atom. The van der Waals surface area contributed by atoms with Gasteiger partial charge in [-0.05, 0) is 76.1 Å². The van der Waals surface area contributed by atoms with Crippen molar-refractivity contribution >= 4 is 17.6 Å². The van der Waals surface area contributed by atoms with Gasteiger partial charge in [0.15, 0.2) is 0 Å². The minimum Gasteiger partial charge on any atom is -0.478 e. The van der Waals surface area contributed by atoms with E-state index in [1.54, 1.807) is 12.1 Å². The van der Waals surface area contributed by atoms with E-state index < -0.39 is 5.97 Å². The number of carboxylic acid groups (broad SMARTS) is 1. The fourth-order valence-electron chi connectivity index (χ4n) is 4.95. The molecule has 148 valence electrons. The van der Waals surface area contributed by atoms with Crippen LogP contribution in [0.2, 0.25) is 0 Å². The highest BCUT2D eigenvalue weighted by atomic mass is 16.4. The van der Waals surface area contributed by atoms with Crippen molar-refractivity contribution in [1.29, 1.82) is 0 Å². The molecule has 0 saturated carbocycles. The lowest BCUT2D eigenvalue weighted by Crippen LogP contribution is -2.18. The van der Waals surface area contributed by atoms with Gasteiger partial charge < -0.3 is 5.11 Å². The Labute approximate surface area is 169 Å². The number of fused-ring (bicyclic) bond motifs is 1. The molecule has 0 amide bonds. The van der Waals surface area contributed by atoms with Crippen molar-refractivity contribution in [1.82, 2.24) is 0 Å². The van der Waals surface area contributed by atoms with Crippen LogP contribution in [-0.2, 0) is 17.3 Å². The quantitative estimate of drug-likeness (QED) is 0.579. The summed E-state index contributed by atoms with van der Waals surface area (Å²) < 4.78 is 0. The van der Waals surface area contributed by atoms with Crippen molar-refractivity contribution in [2.24, 2.45) is 0 Å². The highest BCUT2D eigenvalue weighted by molar-refractivity contribution is 5.88. The first-order valence-electron chi connectivity index (χ1n) is 10.2. The second-order valence-corrected chi connectivity index (χ2v) is 9.50. The molecule has 2 nitrogen and oxygen atoms in total. The molecule has 1 N–H and O–H groups in total. The number of carbonyl (C=O) groups is 1. The van der Waals surface area contributed by atoms with Gasteiger partial charge in [-0.3, -0.25) is 0 Å². The molecule has 0 bridgehead atoms. The van der Waals surface area contributed by atoms with Crippen molar-refractivity contribution in [3.05, 3.63) is 69.8 Å². The average Bonchev–Trinajstić information content (AvgIpc) is 2.79. The maximum atomic E-state index is 11.1. The molecule has 0 spiro atoms. The minimum absolute atomic E-state index is 0.182. The van der Waals surface area contributed by atoms with Gasteiger partial charge in [-0.25, -0.2) is 4.79 Å². The summed E-state index contributed by atoms with van der Waals surface area (Å²) in [5.41, 5.74) is 8.70. The first kappa shape index (κ1) is 20.4. The lowest BCUT2D eigenvalue weighted by Gasteiger charge is -2.22. The van der Waals surface area contributed by atoms with Crippen LogP contribution >= 0.6 is 0 Å². The zero-order valence-electron chi connectivity index (χ0n) is 18.0. The molecule has 2 aromatic carbocycles. The molecular weight excluding hydrogens is 344 g/mol. The Balaban J connectivity index is 2.08. The third-order valence-electron chi connectivity index (χ3n) is 6.07. The highest BCUT2D eigenvalue weighted by Gasteiger charge is 2.42. The number of hydrogen-bond donors (Lipinski definition) is 1. The maximum Gasteiger partial charge on any atom is 0.335 e. The zero-order valence-corrected chi connectivity index (χ0v) is 18.0. The van der Waals surface area contributed by atoms with Crippen molar-refractivity contribution in [3.63, 3.8) is 0 Å². The van der Waals surface area contributed by atoms with E-state index in [-0.39, 0.29) is 10.8 Å². The van der Waals surface area contributed by atoms with E-state index in [0.29, 0.717) is 5.56 Å². The van der Waals surface area contributed by atoms with Gasteiger partial charge in [0.2, 0.25) is 0 Å². The second kappa shape index (κ2) is 7.24. The van der Waals surface area contributed by atoms with Crippen LogP contribution in [0, 0.1) is 0 Å². The number of aryl methyl sites for hydroxylation is 1. The number of aromatic carboxylic acids is 1. The van der Waals surface area contributed by atoms with Crippen LogP contribution in [-0.4, -0.2) is 11.1 Å². The number of hydrogen-bond acceptors (Lipinski definition) is 1. The summed E-state index contributed by atoms with van der Waals surface area (Å²) in [5.74, 6) is -0.888. The third kappa shape index (κ3) is 3.78. The summed E-state index contributed by atoms with van der Waals surface area (Å²) in [4.78, 5) is 11.1. The average molecular weight is 377 g/mol. The molecule has 0 saturated heterocycles. The maximum absolute atomic E-state index is 11.1. The molecule has 0 atom stereocenters. The topological polar surface area (TPSA) is 37.3 Å². The van der Waals surface area contributed by atoms with Crippen LogP contribution < -0.4 is 0 Å². The summed E-state index contributed by atoms with van der Waals surface area (Å²) in [6, 6.07) is 12.0. The van der Waals surface area contributed by atoms with Gasteiger partial charge in [-0.1, -0.05) is 71.4 Å². The summed E-state index contributed by atoms with van der Waals surface area (Å²) in [6.07, 6.45) is 5.53. The molecule has 0 heterocycles. The molecule has 2 aromatic rings. The Hall–Kier alpha value is -2.35. The van der Waals surface area contributed by atoms with E-state index in [2.05, 4.69) is 59.8 Å². The van der Waals surface area contributed by atoms with Crippen molar-refractivity contribution < 1.29 is 9.90 Å². The van der Waals surface area contributed by atoms with Gasteiger partial charge in [0.05, 0.1) is 5.56 Å². The van der Waals surface area contributed by atoms with Gasteiger partial charge in [-0.15, -0.1) is 0 Å². The van der Waals surface area contributed by atoms with E-state index in [0.717, 1.165) is 18.4 Å². The predicted octanol–water partition coefficient (Wildman–Crippen LogP) is 6.86. The Kier molecular flexibility index (Phi) is 5.27. The van der Waals surface area contributed by atoms with Crippen LogP contribution in [0.3, 0.4) is 0 Å². The zero-order chi connectivity index (χ0) is 20.7. The number of rotatable bonds is 5. The highest BCUT2D eigenvalue weighted by Crippen LogP contribution is 2.50. The molecule has 1 aliphatic rings. The van der Waals surface area contributed by atoms with Gasteiger partial charge in [0.1, 0.15) is 0 Å². The predicted molar refractivity (Wildman–Crippen MR) is 118 cm³/mol. The van der Waals surface area contributed by atoms with Crippen LogP contribution in [0.25, 0.3) is 11.6 Å². The lowest BCUT2D eigenvalue weighted by atomic mass is 9.82. The third-order valence-corrected chi connectivity index (χ3v) is 6.07. The fraction of sp³-hybridized carbons (Fsp3) is 0.423. The Bertz CT molecular complexity index is 928. The summed E-state index contributed by atoms with van der Waals surface area (Å²) >= 11 is 0. The number of carboxylic acids is 1.